The Morgan fingerprint density at radius 1 is 1.40 bits per heavy atom. The summed E-state index contributed by atoms with van der Waals surface area (Å²) < 4.78 is 28.3. The molecule has 0 fully saturated rings. The van der Waals surface area contributed by atoms with Gasteiger partial charge in [0.25, 0.3) is 0 Å². The summed E-state index contributed by atoms with van der Waals surface area (Å²) in [4.78, 5) is 0. The maximum Gasteiger partial charge on any atom is 0.154 e. The average molecular weight is 320 g/mol. The third kappa shape index (κ3) is 3.65. The first kappa shape index (κ1) is 17.3. The Morgan fingerprint density at radius 2 is 2.00 bits per heavy atom. The second kappa shape index (κ2) is 6.33. The van der Waals surface area contributed by atoms with Crippen molar-refractivity contribution in [3.05, 3.63) is 28.8 Å². The zero-order valence-electron chi connectivity index (χ0n) is 12.5. The van der Waals surface area contributed by atoms with Gasteiger partial charge in [-0.2, -0.15) is 0 Å². The molecule has 0 aliphatic rings. The number of nitrogens with one attached hydrogen (secondary N) is 1. The molecule has 0 spiro atoms. The van der Waals surface area contributed by atoms with Crippen molar-refractivity contribution in [3.63, 3.8) is 0 Å². The topological polar surface area (TPSA) is 55.4 Å². The van der Waals surface area contributed by atoms with E-state index in [1.54, 1.807) is 40.1 Å². The van der Waals surface area contributed by atoms with Crippen molar-refractivity contribution in [1.82, 2.24) is 5.32 Å². The first-order chi connectivity index (χ1) is 9.13. The lowest BCUT2D eigenvalue weighted by Gasteiger charge is -2.33. The Balaban J connectivity index is 3.15. The molecule has 1 aromatic carbocycles. The van der Waals surface area contributed by atoms with Crippen LogP contribution in [0.25, 0.3) is 0 Å². The molecule has 1 aromatic rings. The molecule has 1 rings (SSSR count). The number of methoxy groups -OCH3 is 1. The van der Waals surface area contributed by atoms with Crippen LogP contribution in [0, 0.1) is 0 Å². The van der Waals surface area contributed by atoms with Crippen molar-refractivity contribution >= 4 is 21.4 Å². The van der Waals surface area contributed by atoms with Crippen molar-refractivity contribution in [1.29, 1.82) is 0 Å². The molecule has 0 aliphatic carbocycles. The first-order valence-corrected chi connectivity index (χ1v) is 8.59. The molecule has 114 valence electrons. The van der Waals surface area contributed by atoms with Gasteiger partial charge in [-0.1, -0.05) is 11.6 Å². The number of hydrogen-bond donors (Lipinski definition) is 1. The molecule has 4 nitrogen and oxygen atoms in total. The van der Waals surface area contributed by atoms with E-state index in [4.69, 9.17) is 16.3 Å². The smallest absolute Gasteiger partial charge is 0.154 e. The zero-order valence-corrected chi connectivity index (χ0v) is 14.1. The van der Waals surface area contributed by atoms with Crippen LogP contribution in [0.4, 0.5) is 0 Å². The minimum atomic E-state index is -3.20. The Kier molecular flexibility index (Phi) is 5.46. The lowest BCUT2D eigenvalue weighted by atomic mass is 9.95. The summed E-state index contributed by atoms with van der Waals surface area (Å²) in [6, 6.07) is 5.10. The normalized spacial score (nSPS) is 14.1. The van der Waals surface area contributed by atoms with Crippen LogP contribution in [-0.4, -0.2) is 39.6 Å². The van der Waals surface area contributed by atoms with Gasteiger partial charge in [0.15, 0.2) is 9.84 Å². The third-order valence-corrected chi connectivity index (χ3v) is 6.24. The predicted molar refractivity (Wildman–Crippen MR) is 83.5 cm³/mol. The van der Waals surface area contributed by atoms with Gasteiger partial charge in [0.05, 0.1) is 11.9 Å². The fourth-order valence-corrected chi connectivity index (χ4v) is 2.99. The number of benzene rings is 1. The van der Waals surface area contributed by atoms with Gasteiger partial charge in [-0.3, -0.25) is 0 Å². The van der Waals surface area contributed by atoms with Crippen LogP contribution in [0.1, 0.15) is 19.4 Å². The summed E-state index contributed by atoms with van der Waals surface area (Å²) >= 11 is 6.01. The van der Waals surface area contributed by atoms with Gasteiger partial charge >= 0.3 is 0 Å². The molecular weight excluding hydrogens is 298 g/mol. The van der Waals surface area contributed by atoms with Crippen LogP contribution in [0.2, 0.25) is 5.02 Å². The van der Waals surface area contributed by atoms with Crippen molar-refractivity contribution in [2.45, 2.75) is 31.1 Å². The summed E-state index contributed by atoms with van der Waals surface area (Å²) in [6.07, 6.45) is 1.77. The van der Waals surface area contributed by atoms with E-state index in [9.17, 15) is 8.42 Å². The van der Waals surface area contributed by atoms with Crippen molar-refractivity contribution in [2.24, 2.45) is 0 Å². The molecule has 0 bridgehead atoms. The number of likely N-dealkylation sites (N-methyl/N-ethyl adjacent to an activating group) is 1. The van der Waals surface area contributed by atoms with Gasteiger partial charge in [0, 0.05) is 17.3 Å². The summed E-state index contributed by atoms with van der Waals surface area (Å²) in [5, 5.41) is 3.69. The standard InChI is InChI=1S/C14H22ClNO3S/c1-14(2,20(5,17)18)13(16-3)9-10-8-11(15)6-7-12(10)19-4/h6-8,13,16H,9H2,1-5H3. The second-order valence-electron chi connectivity index (χ2n) is 5.38. The first-order valence-electron chi connectivity index (χ1n) is 6.32. The molecular formula is C14H22ClNO3S. The molecule has 1 unspecified atom stereocenters. The van der Waals surface area contributed by atoms with Gasteiger partial charge in [-0.05, 0) is 51.1 Å². The van der Waals surface area contributed by atoms with Crippen LogP contribution in [0.5, 0.6) is 5.75 Å². The highest BCUT2D eigenvalue weighted by molar-refractivity contribution is 7.92. The molecule has 6 heteroatoms. The van der Waals surface area contributed by atoms with E-state index >= 15 is 0 Å². The Morgan fingerprint density at radius 3 is 2.45 bits per heavy atom. The van der Waals surface area contributed by atoms with Gasteiger partial charge in [-0.25, -0.2) is 8.42 Å². The number of rotatable bonds is 6. The SMILES string of the molecule is CNC(Cc1cc(Cl)ccc1OC)C(C)(C)S(C)(=O)=O. The Hall–Kier alpha value is -0.780. The minimum absolute atomic E-state index is 0.245. The highest BCUT2D eigenvalue weighted by Crippen LogP contribution is 2.28. The summed E-state index contributed by atoms with van der Waals surface area (Å²) in [6.45, 7) is 3.45. The molecule has 0 amide bonds. The molecule has 0 aliphatic heterocycles. The van der Waals surface area contributed by atoms with Crippen LogP contribution >= 0.6 is 11.6 Å². The van der Waals surface area contributed by atoms with Crippen molar-refractivity contribution in [3.8, 4) is 5.75 Å². The zero-order chi connectivity index (χ0) is 15.6. The van der Waals surface area contributed by atoms with Crippen LogP contribution in [0.15, 0.2) is 18.2 Å². The van der Waals surface area contributed by atoms with Gasteiger partial charge in [0.1, 0.15) is 5.75 Å². The monoisotopic (exact) mass is 319 g/mol. The molecule has 20 heavy (non-hydrogen) atoms. The second-order valence-corrected chi connectivity index (χ2v) is 8.41. The molecule has 0 heterocycles. The van der Waals surface area contributed by atoms with E-state index in [-0.39, 0.29) is 6.04 Å². The maximum absolute atomic E-state index is 12.0. The fraction of sp³-hybridized carbons (Fsp3) is 0.571. The lowest BCUT2D eigenvalue weighted by Crippen LogP contribution is -2.51. The largest absolute Gasteiger partial charge is 0.496 e. The van der Waals surface area contributed by atoms with Gasteiger partial charge in [-0.15, -0.1) is 0 Å². The third-order valence-electron chi connectivity index (χ3n) is 3.81. The molecule has 0 saturated carbocycles. The molecule has 0 aromatic heterocycles. The molecule has 1 atom stereocenters. The predicted octanol–water partition coefficient (Wildman–Crippen LogP) is 2.30. The molecule has 0 saturated heterocycles. The number of sulfone groups is 1. The highest BCUT2D eigenvalue weighted by atomic mass is 35.5. The van der Waals surface area contributed by atoms with E-state index < -0.39 is 14.6 Å². The maximum atomic E-state index is 12.0. The van der Waals surface area contributed by atoms with Crippen LogP contribution < -0.4 is 10.1 Å². The van der Waals surface area contributed by atoms with Gasteiger partial charge < -0.3 is 10.1 Å². The van der Waals surface area contributed by atoms with E-state index in [1.807, 2.05) is 6.07 Å². The van der Waals surface area contributed by atoms with Crippen molar-refractivity contribution < 1.29 is 13.2 Å². The molecule has 1 N–H and O–H groups in total. The Bertz CT molecular complexity index is 570. The van der Waals surface area contributed by atoms with E-state index in [1.165, 1.54) is 6.26 Å². The summed E-state index contributed by atoms with van der Waals surface area (Å²) in [5.74, 6) is 0.707. The van der Waals surface area contributed by atoms with Gasteiger partial charge in [0.2, 0.25) is 0 Å². The lowest BCUT2D eigenvalue weighted by molar-refractivity contribution is 0.394. The van der Waals surface area contributed by atoms with E-state index in [2.05, 4.69) is 5.32 Å². The quantitative estimate of drug-likeness (QED) is 0.874. The summed E-state index contributed by atoms with van der Waals surface area (Å²) in [7, 11) is 0.145. The van der Waals surface area contributed by atoms with Crippen LogP contribution in [-0.2, 0) is 16.3 Å². The molecule has 0 radical (unpaired) electrons. The Labute approximate surface area is 126 Å². The van der Waals surface area contributed by atoms with Crippen LogP contribution in [0.3, 0.4) is 0 Å². The number of ether oxygens (including phenoxy) is 1. The highest BCUT2D eigenvalue weighted by Gasteiger charge is 2.38. The fourth-order valence-electron chi connectivity index (χ4n) is 2.08. The number of hydrogen-bond acceptors (Lipinski definition) is 4. The summed E-state index contributed by atoms with van der Waals surface area (Å²) in [5.41, 5.74) is 0.885. The average Bonchev–Trinajstić information content (AvgIpc) is 2.34. The van der Waals surface area contributed by atoms with E-state index in [0.717, 1.165) is 5.56 Å². The minimum Gasteiger partial charge on any atom is -0.496 e. The van der Waals surface area contributed by atoms with E-state index in [0.29, 0.717) is 17.2 Å². The van der Waals surface area contributed by atoms with Crippen molar-refractivity contribution in [2.75, 3.05) is 20.4 Å². The number of halogens is 1.